The molecule has 0 aromatic heterocycles. The Kier molecular flexibility index (Phi) is 6.51. The van der Waals surface area contributed by atoms with Gasteiger partial charge in [0.05, 0.1) is 6.54 Å². The number of carbonyl (C=O) groups is 1. The molecule has 14 heavy (non-hydrogen) atoms. The highest BCUT2D eigenvalue weighted by Gasteiger charge is 2.18. The van der Waals surface area contributed by atoms with Crippen molar-refractivity contribution in [2.75, 3.05) is 13.2 Å². The number of nitrogens with zero attached hydrogens (tertiary/aromatic N) is 2. The molecule has 0 aromatic carbocycles. The van der Waals surface area contributed by atoms with E-state index in [1.807, 2.05) is 0 Å². The van der Waals surface area contributed by atoms with Crippen LogP contribution in [0.3, 0.4) is 0 Å². The van der Waals surface area contributed by atoms with E-state index in [0.717, 1.165) is 0 Å². The molecular weight excluding hydrogens is 188 g/mol. The average Bonchev–Trinajstić information content (AvgIpc) is 2.20. The van der Waals surface area contributed by atoms with Crippen LogP contribution in [0.2, 0.25) is 0 Å². The van der Waals surface area contributed by atoms with Gasteiger partial charge in [-0.05, 0) is 0 Å². The van der Waals surface area contributed by atoms with Crippen molar-refractivity contribution in [1.82, 2.24) is 0 Å². The van der Waals surface area contributed by atoms with E-state index in [4.69, 9.17) is 0 Å². The maximum Gasteiger partial charge on any atom is 0.334 e. The van der Waals surface area contributed by atoms with Crippen LogP contribution in [0.15, 0.2) is 22.6 Å². The third-order valence-electron chi connectivity index (χ3n) is 1.15. The van der Waals surface area contributed by atoms with Gasteiger partial charge in [-0.25, -0.2) is 19.4 Å². The lowest BCUT2D eigenvalue weighted by Crippen LogP contribution is -2.24. The molecule has 0 aliphatic rings. The summed E-state index contributed by atoms with van der Waals surface area (Å²) >= 11 is 0. The molecular formula is C8H8N2O4. The molecule has 0 N–H and O–H groups in total. The average molecular weight is 196 g/mol. The summed E-state index contributed by atoms with van der Waals surface area (Å²) in [5.41, 5.74) is 0. The summed E-state index contributed by atoms with van der Waals surface area (Å²) < 4.78 is 4.58. The van der Waals surface area contributed by atoms with Gasteiger partial charge >= 0.3 is 5.97 Å². The second kappa shape index (κ2) is 7.61. The van der Waals surface area contributed by atoms with E-state index >= 15 is 0 Å². The van der Waals surface area contributed by atoms with Crippen molar-refractivity contribution in [2.24, 2.45) is 9.98 Å². The summed E-state index contributed by atoms with van der Waals surface area (Å²) in [4.78, 5) is 37.0. The van der Waals surface area contributed by atoms with Crippen LogP contribution in [0.5, 0.6) is 0 Å². The Labute approximate surface area is 80.0 Å². The molecule has 0 bridgehead atoms. The number of isocyanates is 2. The van der Waals surface area contributed by atoms with Crippen molar-refractivity contribution in [1.29, 1.82) is 0 Å². The first-order chi connectivity index (χ1) is 6.76. The fourth-order valence-corrected chi connectivity index (χ4v) is 0.593. The van der Waals surface area contributed by atoms with E-state index < -0.39 is 12.0 Å². The highest BCUT2D eigenvalue weighted by atomic mass is 16.5. The van der Waals surface area contributed by atoms with Gasteiger partial charge in [-0.3, -0.25) is 0 Å². The normalized spacial score (nSPS) is 10.3. The summed E-state index contributed by atoms with van der Waals surface area (Å²) in [6, 6.07) is -1.13. The fourth-order valence-electron chi connectivity index (χ4n) is 0.593. The number of hydrogen-bond donors (Lipinski definition) is 0. The molecule has 0 fully saturated rings. The molecule has 0 radical (unpaired) electrons. The van der Waals surface area contributed by atoms with Gasteiger partial charge in [0.25, 0.3) is 0 Å². The Balaban J connectivity index is 4.31. The molecule has 0 saturated heterocycles. The van der Waals surface area contributed by atoms with E-state index in [9.17, 15) is 14.4 Å². The Morgan fingerprint density at radius 2 is 2.21 bits per heavy atom. The van der Waals surface area contributed by atoms with Crippen molar-refractivity contribution < 1.29 is 19.1 Å². The first-order valence-electron chi connectivity index (χ1n) is 3.64. The number of hydrogen-bond acceptors (Lipinski definition) is 6. The first kappa shape index (κ1) is 12.0. The van der Waals surface area contributed by atoms with E-state index in [1.165, 1.54) is 18.2 Å². The topological polar surface area (TPSA) is 85.2 Å². The Morgan fingerprint density at radius 3 is 2.71 bits per heavy atom. The van der Waals surface area contributed by atoms with Crippen LogP contribution in [-0.2, 0) is 19.1 Å². The summed E-state index contributed by atoms with van der Waals surface area (Å²) in [6.07, 6.45) is 3.78. The van der Waals surface area contributed by atoms with Gasteiger partial charge in [-0.15, -0.1) is 0 Å². The van der Waals surface area contributed by atoms with Crippen molar-refractivity contribution in [3.05, 3.63) is 12.7 Å². The molecule has 1 atom stereocenters. The van der Waals surface area contributed by atoms with Gasteiger partial charge < -0.3 is 4.74 Å². The Bertz CT molecular complexity index is 300. The second-order valence-corrected chi connectivity index (χ2v) is 2.09. The second-order valence-electron chi connectivity index (χ2n) is 2.09. The predicted octanol–water partition coefficient (Wildman–Crippen LogP) is -0.244. The Morgan fingerprint density at radius 1 is 1.50 bits per heavy atom. The number of ether oxygens (including phenoxy) is 1. The van der Waals surface area contributed by atoms with Crippen molar-refractivity contribution in [3.8, 4) is 0 Å². The molecule has 0 saturated carbocycles. The molecule has 6 heteroatoms. The van der Waals surface area contributed by atoms with Gasteiger partial charge in [-0.1, -0.05) is 12.7 Å². The van der Waals surface area contributed by atoms with Crippen molar-refractivity contribution in [3.63, 3.8) is 0 Å². The molecule has 0 aromatic rings. The van der Waals surface area contributed by atoms with Crippen LogP contribution in [0, 0.1) is 0 Å². The summed E-state index contributed by atoms with van der Waals surface area (Å²) in [7, 11) is 0. The minimum absolute atomic E-state index is 0.00845. The summed E-state index contributed by atoms with van der Waals surface area (Å²) in [6.45, 7) is 3.07. The molecule has 1 unspecified atom stereocenters. The van der Waals surface area contributed by atoms with Gasteiger partial charge in [0.1, 0.15) is 6.61 Å². The van der Waals surface area contributed by atoms with Crippen LogP contribution >= 0.6 is 0 Å². The van der Waals surface area contributed by atoms with Crippen LogP contribution in [0.25, 0.3) is 0 Å². The maximum atomic E-state index is 11.1. The summed E-state index contributed by atoms with van der Waals surface area (Å²) in [5.74, 6) is -0.757. The van der Waals surface area contributed by atoms with E-state index in [2.05, 4.69) is 21.3 Å². The largest absolute Gasteiger partial charge is 0.460 e. The minimum atomic E-state index is -1.13. The SMILES string of the molecule is C=CCOC(=O)C(CN=C=O)N=C=O. The third-order valence-corrected chi connectivity index (χ3v) is 1.15. The molecule has 0 heterocycles. The monoisotopic (exact) mass is 196 g/mol. The van der Waals surface area contributed by atoms with Crippen LogP contribution in [0.1, 0.15) is 0 Å². The molecule has 0 aliphatic carbocycles. The summed E-state index contributed by atoms with van der Waals surface area (Å²) in [5, 5.41) is 0. The van der Waals surface area contributed by atoms with Crippen molar-refractivity contribution >= 4 is 18.1 Å². The van der Waals surface area contributed by atoms with E-state index in [0.29, 0.717) is 0 Å². The Hall–Kier alpha value is -2.03. The van der Waals surface area contributed by atoms with E-state index in [1.54, 1.807) is 0 Å². The van der Waals surface area contributed by atoms with Crippen LogP contribution in [-0.4, -0.2) is 37.3 Å². The molecule has 0 amide bonds. The fraction of sp³-hybridized carbons (Fsp3) is 0.375. The predicted molar refractivity (Wildman–Crippen MR) is 46.1 cm³/mol. The quantitative estimate of drug-likeness (QED) is 0.254. The van der Waals surface area contributed by atoms with Crippen LogP contribution in [0.4, 0.5) is 0 Å². The zero-order valence-corrected chi connectivity index (χ0v) is 7.30. The first-order valence-corrected chi connectivity index (χ1v) is 3.64. The standard InChI is InChI=1S/C8H8N2O4/c1-2-3-14-8(13)7(10-6-12)4-9-5-11/h2,7H,1,3-4H2. The number of carbonyl (C=O) groups excluding carboxylic acids is 3. The number of esters is 1. The highest BCUT2D eigenvalue weighted by molar-refractivity contribution is 5.77. The zero-order valence-electron chi connectivity index (χ0n) is 7.30. The van der Waals surface area contributed by atoms with Crippen LogP contribution < -0.4 is 0 Å². The third kappa shape index (κ3) is 4.77. The highest BCUT2D eigenvalue weighted by Crippen LogP contribution is 1.95. The van der Waals surface area contributed by atoms with Gasteiger partial charge in [0.2, 0.25) is 12.2 Å². The van der Waals surface area contributed by atoms with Gasteiger partial charge in [0, 0.05) is 0 Å². The minimum Gasteiger partial charge on any atom is -0.460 e. The van der Waals surface area contributed by atoms with Crippen molar-refractivity contribution in [2.45, 2.75) is 6.04 Å². The number of rotatable bonds is 6. The lowest BCUT2D eigenvalue weighted by molar-refractivity contribution is -0.143. The van der Waals surface area contributed by atoms with Gasteiger partial charge in [-0.2, -0.15) is 4.99 Å². The molecule has 6 nitrogen and oxygen atoms in total. The van der Waals surface area contributed by atoms with Gasteiger partial charge in [0.15, 0.2) is 6.04 Å². The van der Waals surface area contributed by atoms with E-state index in [-0.39, 0.29) is 13.2 Å². The zero-order chi connectivity index (χ0) is 10.8. The molecule has 0 aliphatic heterocycles. The molecule has 0 rings (SSSR count). The number of aliphatic imine (C=N–C) groups is 2. The lowest BCUT2D eigenvalue weighted by atomic mass is 10.3. The maximum absolute atomic E-state index is 11.1. The smallest absolute Gasteiger partial charge is 0.334 e. The molecule has 74 valence electrons. The molecule has 0 spiro atoms. The lowest BCUT2D eigenvalue weighted by Gasteiger charge is -2.05.